The molecular formula is C20H23NO2. The molecule has 0 aliphatic heterocycles. The second-order valence-corrected chi connectivity index (χ2v) is 6.21. The van der Waals surface area contributed by atoms with Crippen LogP contribution in [0.15, 0.2) is 42.5 Å². The summed E-state index contributed by atoms with van der Waals surface area (Å²) in [6.07, 6.45) is 5.89. The third-order valence-electron chi connectivity index (χ3n) is 4.42. The first-order valence-electron chi connectivity index (χ1n) is 8.35. The molecule has 2 aromatic carbocycles. The van der Waals surface area contributed by atoms with Crippen LogP contribution in [-0.2, 0) is 30.5 Å². The zero-order valence-corrected chi connectivity index (χ0v) is 13.3. The average Bonchev–Trinajstić information content (AvgIpc) is 2.57. The maximum absolute atomic E-state index is 12.2. The van der Waals surface area contributed by atoms with Crippen molar-refractivity contribution in [3.05, 3.63) is 64.7 Å². The molecule has 2 N–H and O–H groups in total. The lowest BCUT2D eigenvalue weighted by molar-refractivity contribution is -0.115. The molecule has 0 heterocycles. The predicted molar refractivity (Wildman–Crippen MR) is 92.6 cm³/mol. The molecule has 0 spiro atoms. The third kappa shape index (κ3) is 4.20. The van der Waals surface area contributed by atoms with Crippen LogP contribution in [0.5, 0.6) is 0 Å². The monoisotopic (exact) mass is 309 g/mol. The second-order valence-electron chi connectivity index (χ2n) is 6.21. The number of nitrogens with one attached hydrogen (secondary N) is 1. The molecule has 23 heavy (non-hydrogen) atoms. The van der Waals surface area contributed by atoms with Gasteiger partial charge in [0, 0.05) is 12.3 Å². The van der Waals surface area contributed by atoms with E-state index in [1.165, 1.54) is 30.4 Å². The molecule has 0 fully saturated rings. The number of anilines is 1. The van der Waals surface area contributed by atoms with Gasteiger partial charge in [0.05, 0.1) is 6.42 Å². The first-order chi connectivity index (χ1) is 11.2. The van der Waals surface area contributed by atoms with Gasteiger partial charge < -0.3 is 10.4 Å². The van der Waals surface area contributed by atoms with Crippen LogP contribution < -0.4 is 5.32 Å². The summed E-state index contributed by atoms with van der Waals surface area (Å²) in [6.45, 7) is 0.143. The van der Waals surface area contributed by atoms with Crippen molar-refractivity contribution in [3.8, 4) is 0 Å². The Balaban J connectivity index is 1.60. The first kappa shape index (κ1) is 15.8. The SMILES string of the molecule is O=C(Cc1ccc2c(c1)CCCC2)Nc1ccc(CCO)cc1. The molecule has 1 aliphatic rings. The van der Waals surface area contributed by atoms with Crippen molar-refractivity contribution in [3.63, 3.8) is 0 Å². The van der Waals surface area contributed by atoms with Crippen LogP contribution in [0.25, 0.3) is 0 Å². The minimum absolute atomic E-state index is 0.00988. The summed E-state index contributed by atoms with van der Waals surface area (Å²) in [6, 6.07) is 14.1. The molecule has 0 atom stereocenters. The van der Waals surface area contributed by atoms with Crippen LogP contribution in [0.1, 0.15) is 35.1 Å². The highest BCUT2D eigenvalue weighted by Gasteiger charge is 2.11. The molecule has 0 aromatic heterocycles. The average molecular weight is 309 g/mol. The summed E-state index contributed by atoms with van der Waals surface area (Å²) < 4.78 is 0. The van der Waals surface area contributed by atoms with E-state index in [1.54, 1.807) is 0 Å². The first-order valence-corrected chi connectivity index (χ1v) is 8.35. The Bertz CT molecular complexity index is 677. The zero-order chi connectivity index (χ0) is 16.1. The van der Waals surface area contributed by atoms with Crippen molar-refractivity contribution in [1.82, 2.24) is 0 Å². The molecular weight excluding hydrogens is 286 g/mol. The van der Waals surface area contributed by atoms with Gasteiger partial charge in [-0.25, -0.2) is 0 Å². The van der Waals surface area contributed by atoms with Crippen LogP contribution in [-0.4, -0.2) is 17.6 Å². The lowest BCUT2D eigenvalue weighted by Crippen LogP contribution is -2.15. The highest BCUT2D eigenvalue weighted by Crippen LogP contribution is 2.22. The summed E-state index contributed by atoms with van der Waals surface area (Å²) >= 11 is 0. The van der Waals surface area contributed by atoms with E-state index in [0.29, 0.717) is 12.8 Å². The standard InChI is InChI=1S/C20H23NO2/c22-12-11-15-6-9-19(10-7-15)21-20(23)14-16-5-8-17-3-1-2-4-18(17)13-16/h5-10,13,22H,1-4,11-12,14H2,(H,21,23). The molecule has 0 radical (unpaired) electrons. The fraction of sp³-hybridized carbons (Fsp3) is 0.350. The van der Waals surface area contributed by atoms with Gasteiger partial charge in [0.15, 0.2) is 0 Å². The van der Waals surface area contributed by atoms with Gasteiger partial charge >= 0.3 is 0 Å². The number of amides is 1. The number of rotatable bonds is 5. The summed E-state index contributed by atoms with van der Waals surface area (Å²) in [5.41, 5.74) is 5.81. The largest absolute Gasteiger partial charge is 0.396 e. The molecule has 0 saturated heterocycles. The highest BCUT2D eigenvalue weighted by atomic mass is 16.2. The van der Waals surface area contributed by atoms with Gasteiger partial charge in [-0.2, -0.15) is 0 Å². The molecule has 0 unspecified atom stereocenters. The van der Waals surface area contributed by atoms with Crippen LogP contribution >= 0.6 is 0 Å². The Hall–Kier alpha value is -2.13. The van der Waals surface area contributed by atoms with Gasteiger partial charge in [-0.3, -0.25) is 4.79 Å². The Labute approximate surface area is 137 Å². The number of carbonyl (C=O) groups is 1. The van der Waals surface area contributed by atoms with Crippen molar-refractivity contribution >= 4 is 11.6 Å². The number of fused-ring (bicyclic) bond motifs is 1. The van der Waals surface area contributed by atoms with Crippen molar-refractivity contribution in [1.29, 1.82) is 0 Å². The van der Waals surface area contributed by atoms with Crippen LogP contribution in [0.2, 0.25) is 0 Å². The highest BCUT2D eigenvalue weighted by molar-refractivity contribution is 5.92. The quantitative estimate of drug-likeness (QED) is 0.890. The Morgan fingerprint density at radius 1 is 0.957 bits per heavy atom. The van der Waals surface area contributed by atoms with E-state index in [4.69, 9.17) is 5.11 Å². The van der Waals surface area contributed by atoms with Crippen LogP contribution in [0.3, 0.4) is 0 Å². The minimum Gasteiger partial charge on any atom is -0.396 e. The zero-order valence-electron chi connectivity index (χ0n) is 13.3. The maximum Gasteiger partial charge on any atom is 0.228 e. The van der Waals surface area contributed by atoms with Gasteiger partial charge in [0.25, 0.3) is 0 Å². The van der Waals surface area contributed by atoms with Crippen molar-refractivity contribution in [2.24, 2.45) is 0 Å². The van der Waals surface area contributed by atoms with Gasteiger partial charge in [-0.1, -0.05) is 30.3 Å². The lowest BCUT2D eigenvalue weighted by Gasteiger charge is -2.16. The molecule has 0 saturated carbocycles. The second kappa shape index (κ2) is 7.42. The summed E-state index contributed by atoms with van der Waals surface area (Å²) in [5, 5.41) is 11.9. The molecule has 3 heteroatoms. The van der Waals surface area contributed by atoms with Crippen molar-refractivity contribution in [2.75, 3.05) is 11.9 Å². The summed E-state index contributed by atoms with van der Waals surface area (Å²) in [5.74, 6) is 0.00988. The number of aryl methyl sites for hydroxylation is 2. The molecule has 3 nitrogen and oxygen atoms in total. The van der Waals surface area contributed by atoms with E-state index in [1.807, 2.05) is 24.3 Å². The third-order valence-corrected chi connectivity index (χ3v) is 4.42. The fourth-order valence-corrected chi connectivity index (χ4v) is 3.17. The number of aliphatic hydroxyl groups excluding tert-OH is 1. The number of benzene rings is 2. The van der Waals surface area contributed by atoms with Crippen LogP contribution in [0.4, 0.5) is 5.69 Å². The summed E-state index contributed by atoms with van der Waals surface area (Å²) in [7, 11) is 0. The van der Waals surface area contributed by atoms with Gasteiger partial charge in [-0.05, 0) is 66.5 Å². The van der Waals surface area contributed by atoms with Crippen molar-refractivity contribution in [2.45, 2.75) is 38.5 Å². The van der Waals surface area contributed by atoms with E-state index < -0.39 is 0 Å². The number of hydrogen-bond donors (Lipinski definition) is 2. The molecule has 2 aromatic rings. The summed E-state index contributed by atoms with van der Waals surface area (Å²) in [4.78, 5) is 12.2. The number of aliphatic hydroxyl groups is 1. The topological polar surface area (TPSA) is 49.3 Å². The predicted octanol–water partition coefficient (Wildman–Crippen LogP) is 3.28. The van der Waals surface area contributed by atoms with Gasteiger partial charge in [0.2, 0.25) is 5.91 Å². The van der Waals surface area contributed by atoms with Crippen molar-refractivity contribution < 1.29 is 9.90 Å². The molecule has 0 bridgehead atoms. The normalized spacial score (nSPS) is 13.4. The van der Waals surface area contributed by atoms with Crippen LogP contribution in [0, 0.1) is 0 Å². The maximum atomic E-state index is 12.2. The minimum atomic E-state index is 0.00988. The van der Waals surface area contributed by atoms with E-state index in [2.05, 4.69) is 23.5 Å². The van der Waals surface area contributed by atoms with E-state index in [0.717, 1.165) is 23.2 Å². The Morgan fingerprint density at radius 3 is 2.39 bits per heavy atom. The number of hydrogen-bond acceptors (Lipinski definition) is 2. The number of carbonyl (C=O) groups excluding carboxylic acids is 1. The molecule has 3 rings (SSSR count). The fourth-order valence-electron chi connectivity index (χ4n) is 3.17. The smallest absolute Gasteiger partial charge is 0.228 e. The van der Waals surface area contributed by atoms with E-state index in [-0.39, 0.29) is 12.5 Å². The Morgan fingerprint density at radius 2 is 1.65 bits per heavy atom. The van der Waals surface area contributed by atoms with E-state index >= 15 is 0 Å². The molecule has 1 amide bonds. The molecule has 120 valence electrons. The van der Waals surface area contributed by atoms with Gasteiger partial charge in [-0.15, -0.1) is 0 Å². The Kier molecular flexibility index (Phi) is 5.09. The van der Waals surface area contributed by atoms with Gasteiger partial charge in [0.1, 0.15) is 0 Å². The molecule has 1 aliphatic carbocycles. The lowest BCUT2D eigenvalue weighted by atomic mass is 9.90. The van der Waals surface area contributed by atoms with E-state index in [9.17, 15) is 4.79 Å².